The van der Waals surface area contributed by atoms with E-state index in [4.69, 9.17) is 0 Å². The molecule has 6 heteroatoms. The Balaban J connectivity index is 2.37. The van der Waals surface area contributed by atoms with Crippen LogP contribution in [0.3, 0.4) is 0 Å². The molecule has 19 heavy (non-hydrogen) atoms. The minimum absolute atomic E-state index is 0.0394. The van der Waals surface area contributed by atoms with Crippen molar-refractivity contribution < 1.29 is 18.0 Å². The molecular weight excluding hydrogens is 275 g/mol. The number of benzene rings is 1. The number of hydrogen-bond acceptors (Lipinski definition) is 3. The SMILES string of the molecule is CCC(=O)c1cccc(-c2cnc(C(F)(F)F)s2)c1. The summed E-state index contributed by atoms with van der Waals surface area (Å²) in [5.74, 6) is -0.0394. The smallest absolute Gasteiger partial charge is 0.294 e. The van der Waals surface area contributed by atoms with Gasteiger partial charge in [-0.3, -0.25) is 4.79 Å². The standard InChI is InChI=1S/C13H10F3NOS/c1-2-10(18)8-4-3-5-9(6-8)11-7-17-12(19-11)13(14,15)16/h3-7H,2H2,1H3. The number of hydrogen-bond donors (Lipinski definition) is 0. The van der Waals surface area contributed by atoms with E-state index in [2.05, 4.69) is 4.98 Å². The second kappa shape index (κ2) is 5.13. The first-order valence-electron chi connectivity index (χ1n) is 5.58. The summed E-state index contributed by atoms with van der Waals surface area (Å²) in [5, 5.41) is -0.880. The topological polar surface area (TPSA) is 30.0 Å². The highest BCUT2D eigenvalue weighted by molar-refractivity contribution is 7.15. The van der Waals surface area contributed by atoms with Gasteiger partial charge in [0.2, 0.25) is 0 Å². The molecule has 0 N–H and O–H groups in total. The molecule has 2 aromatic rings. The molecule has 0 radical (unpaired) electrons. The molecule has 0 saturated carbocycles. The highest BCUT2D eigenvalue weighted by Crippen LogP contribution is 2.36. The molecule has 0 aliphatic carbocycles. The van der Waals surface area contributed by atoms with Crippen LogP contribution < -0.4 is 0 Å². The van der Waals surface area contributed by atoms with Gasteiger partial charge in [0.15, 0.2) is 10.8 Å². The molecule has 1 heterocycles. The number of Topliss-reactive ketones (excluding diaryl/α,β-unsaturated/α-hetero) is 1. The Hall–Kier alpha value is -1.69. The van der Waals surface area contributed by atoms with Crippen molar-refractivity contribution >= 4 is 17.1 Å². The monoisotopic (exact) mass is 285 g/mol. The second-order valence-corrected chi connectivity index (χ2v) is 4.92. The minimum Gasteiger partial charge on any atom is -0.294 e. The van der Waals surface area contributed by atoms with Gasteiger partial charge in [0.05, 0.1) is 4.88 Å². The van der Waals surface area contributed by atoms with E-state index in [0.717, 1.165) is 0 Å². The van der Waals surface area contributed by atoms with Gasteiger partial charge in [0.1, 0.15) is 0 Å². The third-order valence-electron chi connectivity index (χ3n) is 2.54. The number of carbonyl (C=O) groups is 1. The lowest BCUT2D eigenvalue weighted by Gasteiger charge is -2.01. The van der Waals surface area contributed by atoms with Crippen LogP contribution in [0.1, 0.15) is 28.7 Å². The fraction of sp³-hybridized carbons (Fsp3) is 0.231. The van der Waals surface area contributed by atoms with Crippen molar-refractivity contribution in [2.75, 3.05) is 0 Å². The molecular formula is C13H10F3NOS. The Bertz CT molecular complexity index is 604. The third kappa shape index (κ3) is 3.01. The number of carbonyl (C=O) groups excluding carboxylic acids is 1. The summed E-state index contributed by atoms with van der Waals surface area (Å²) >= 11 is 0.574. The summed E-state index contributed by atoms with van der Waals surface area (Å²) < 4.78 is 37.4. The number of aromatic nitrogens is 1. The molecule has 2 rings (SSSR count). The third-order valence-corrected chi connectivity index (χ3v) is 3.63. The molecule has 0 fully saturated rings. The first-order chi connectivity index (χ1) is 8.91. The van der Waals surface area contributed by atoms with Crippen molar-refractivity contribution in [1.29, 1.82) is 0 Å². The first kappa shape index (κ1) is 13.7. The van der Waals surface area contributed by atoms with Gasteiger partial charge in [-0.1, -0.05) is 25.1 Å². The number of rotatable bonds is 3. The van der Waals surface area contributed by atoms with Crippen molar-refractivity contribution in [3.8, 4) is 10.4 Å². The molecule has 0 atom stereocenters. The zero-order valence-corrected chi connectivity index (χ0v) is 10.8. The summed E-state index contributed by atoms with van der Waals surface area (Å²) in [6.07, 6.45) is -2.89. The summed E-state index contributed by atoms with van der Waals surface area (Å²) in [6, 6.07) is 6.58. The summed E-state index contributed by atoms with van der Waals surface area (Å²) in [5.41, 5.74) is 1.08. The lowest BCUT2D eigenvalue weighted by Crippen LogP contribution is -2.02. The molecule has 0 bridgehead atoms. The zero-order valence-electron chi connectivity index (χ0n) is 9.99. The first-order valence-corrected chi connectivity index (χ1v) is 6.40. The van der Waals surface area contributed by atoms with Gasteiger partial charge in [0, 0.05) is 18.2 Å². The van der Waals surface area contributed by atoms with Gasteiger partial charge < -0.3 is 0 Å². The summed E-state index contributed by atoms with van der Waals surface area (Å²) in [4.78, 5) is 15.3. The van der Waals surface area contributed by atoms with Crippen molar-refractivity contribution in [3.63, 3.8) is 0 Å². The average Bonchev–Trinajstić information content (AvgIpc) is 2.87. The Labute approximate surface area is 111 Å². The normalized spacial score (nSPS) is 11.6. The fourth-order valence-electron chi connectivity index (χ4n) is 1.59. The number of ketones is 1. The van der Waals surface area contributed by atoms with Crippen LogP contribution in [-0.4, -0.2) is 10.8 Å². The summed E-state index contributed by atoms with van der Waals surface area (Å²) in [6.45, 7) is 1.74. The van der Waals surface area contributed by atoms with Gasteiger partial charge in [-0.15, -0.1) is 11.3 Å². The van der Waals surface area contributed by atoms with Crippen molar-refractivity contribution in [1.82, 2.24) is 4.98 Å². The van der Waals surface area contributed by atoms with Crippen molar-refractivity contribution in [2.24, 2.45) is 0 Å². The number of thiazole rings is 1. The number of halogens is 3. The van der Waals surface area contributed by atoms with Gasteiger partial charge >= 0.3 is 6.18 Å². The number of alkyl halides is 3. The molecule has 0 saturated heterocycles. The summed E-state index contributed by atoms with van der Waals surface area (Å²) in [7, 11) is 0. The van der Waals surface area contributed by atoms with E-state index in [0.29, 0.717) is 33.8 Å². The molecule has 0 amide bonds. The molecule has 0 aliphatic heterocycles. The van der Waals surface area contributed by atoms with E-state index in [9.17, 15) is 18.0 Å². The molecule has 0 aliphatic rings. The predicted molar refractivity (Wildman–Crippen MR) is 67.2 cm³/mol. The Morgan fingerprint density at radius 1 is 1.37 bits per heavy atom. The van der Waals surface area contributed by atoms with E-state index in [-0.39, 0.29) is 5.78 Å². The van der Waals surface area contributed by atoms with Crippen LogP contribution >= 0.6 is 11.3 Å². The highest BCUT2D eigenvalue weighted by atomic mass is 32.1. The van der Waals surface area contributed by atoms with E-state index in [1.807, 2.05) is 0 Å². The molecule has 2 nitrogen and oxygen atoms in total. The molecule has 0 spiro atoms. The lowest BCUT2D eigenvalue weighted by molar-refractivity contribution is -0.137. The predicted octanol–water partition coefficient (Wildman–Crippen LogP) is 4.42. The molecule has 100 valence electrons. The van der Waals surface area contributed by atoms with Gasteiger partial charge in [-0.2, -0.15) is 13.2 Å². The van der Waals surface area contributed by atoms with Gasteiger partial charge in [-0.25, -0.2) is 4.98 Å². The van der Waals surface area contributed by atoms with E-state index in [1.165, 1.54) is 6.20 Å². The van der Waals surface area contributed by atoms with Crippen LogP contribution in [0.25, 0.3) is 10.4 Å². The fourth-order valence-corrected chi connectivity index (χ4v) is 2.37. The highest BCUT2D eigenvalue weighted by Gasteiger charge is 2.34. The van der Waals surface area contributed by atoms with Crippen molar-refractivity contribution in [2.45, 2.75) is 19.5 Å². The van der Waals surface area contributed by atoms with Crippen LogP contribution in [0, 0.1) is 0 Å². The Morgan fingerprint density at radius 3 is 2.68 bits per heavy atom. The van der Waals surface area contributed by atoms with E-state index < -0.39 is 11.2 Å². The van der Waals surface area contributed by atoms with Crippen molar-refractivity contribution in [3.05, 3.63) is 41.0 Å². The van der Waals surface area contributed by atoms with E-state index in [1.54, 1.807) is 31.2 Å². The maximum absolute atomic E-state index is 12.5. The maximum atomic E-state index is 12.5. The Kier molecular flexibility index (Phi) is 3.71. The maximum Gasteiger partial charge on any atom is 0.443 e. The van der Waals surface area contributed by atoms with Crippen LogP contribution in [0.2, 0.25) is 0 Å². The molecule has 1 aromatic heterocycles. The second-order valence-electron chi connectivity index (χ2n) is 3.88. The average molecular weight is 285 g/mol. The zero-order chi connectivity index (χ0) is 14.0. The molecule has 1 aromatic carbocycles. The van der Waals surface area contributed by atoms with Crippen LogP contribution in [0.4, 0.5) is 13.2 Å². The molecule has 0 unspecified atom stereocenters. The Morgan fingerprint density at radius 2 is 2.11 bits per heavy atom. The van der Waals surface area contributed by atoms with Crippen LogP contribution in [0.5, 0.6) is 0 Å². The van der Waals surface area contributed by atoms with Gasteiger partial charge in [-0.05, 0) is 11.6 Å². The van der Waals surface area contributed by atoms with Gasteiger partial charge in [0.25, 0.3) is 0 Å². The largest absolute Gasteiger partial charge is 0.443 e. The quantitative estimate of drug-likeness (QED) is 0.781. The van der Waals surface area contributed by atoms with E-state index >= 15 is 0 Å². The van der Waals surface area contributed by atoms with Crippen LogP contribution in [0.15, 0.2) is 30.5 Å². The lowest BCUT2D eigenvalue weighted by atomic mass is 10.1. The minimum atomic E-state index is -4.43. The number of nitrogens with zero attached hydrogens (tertiary/aromatic N) is 1. The van der Waals surface area contributed by atoms with Crippen LogP contribution in [-0.2, 0) is 6.18 Å².